The topological polar surface area (TPSA) is 74.0 Å². The second-order valence-corrected chi connectivity index (χ2v) is 3.70. The van der Waals surface area contributed by atoms with Gasteiger partial charge >= 0.3 is 5.97 Å². The summed E-state index contributed by atoms with van der Waals surface area (Å²) in [6.45, 7) is 0. The molecule has 1 heterocycles. The van der Waals surface area contributed by atoms with Gasteiger partial charge in [0.25, 0.3) is 0 Å². The first-order valence-electron chi connectivity index (χ1n) is 4.40. The summed E-state index contributed by atoms with van der Waals surface area (Å²) in [5, 5.41) is 19.2. The maximum absolute atomic E-state index is 10.9. The third-order valence-electron chi connectivity index (χ3n) is 2.10. The second kappa shape index (κ2) is 4.13. The van der Waals surface area contributed by atoms with Crippen LogP contribution in [0, 0.1) is 11.3 Å². The Bertz CT molecular complexity index is 566. The predicted molar refractivity (Wildman–Crippen MR) is 59.2 cm³/mol. The van der Waals surface area contributed by atoms with Crippen LogP contribution in [0.25, 0.3) is 11.1 Å². The summed E-state index contributed by atoms with van der Waals surface area (Å²) in [6, 6.07) is 8.74. The van der Waals surface area contributed by atoms with E-state index in [2.05, 4.69) is 4.37 Å². The van der Waals surface area contributed by atoms with Gasteiger partial charge in [0.05, 0.1) is 11.6 Å². The highest BCUT2D eigenvalue weighted by Crippen LogP contribution is 2.25. The first-order chi connectivity index (χ1) is 7.72. The smallest absolute Gasteiger partial charge is 0.356 e. The zero-order valence-electron chi connectivity index (χ0n) is 8.04. The molecule has 2 aromatic rings. The molecule has 0 saturated carbocycles. The van der Waals surface area contributed by atoms with Crippen molar-refractivity contribution in [2.75, 3.05) is 0 Å². The number of aromatic nitrogens is 1. The molecule has 5 heteroatoms. The Morgan fingerprint density at radius 1 is 1.38 bits per heavy atom. The molecule has 0 spiro atoms. The molecule has 0 bridgehead atoms. The predicted octanol–water partition coefficient (Wildman–Crippen LogP) is 2.38. The van der Waals surface area contributed by atoms with Crippen LogP contribution in [0.15, 0.2) is 29.6 Å². The van der Waals surface area contributed by atoms with Crippen molar-refractivity contribution in [1.82, 2.24) is 4.37 Å². The van der Waals surface area contributed by atoms with Gasteiger partial charge in [-0.15, -0.1) is 0 Å². The molecule has 4 nitrogen and oxygen atoms in total. The number of nitriles is 1. The fourth-order valence-electron chi connectivity index (χ4n) is 1.32. The summed E-state index contributed by atoms with van der Waals surface area (Å²) in [5.74, 6) is -1.04. The normalized spacial score (nSPS) is 9.69. The number of carboxylic acid groups (broad SMARTS) is 1. The van der Waals surface area contributed by atoms with Crippen LogP contribution in [0.3, 0.4) is 0 Å². The van der Waals surface area contributed by atoms with E-state index in [0.717, 1.165) is 17.1 Å². The van der Waals surface area contributed by atoms with E-state index < -0.39 is 5.97 Å². The molecule has 0 aliphatic rings. The van der Waals surface area contributed by atoms with Gasteiger partial charge in [-0.3, -0.25) is 0 Å². The maximum Gasteiger partial charge on any atom is 0.356 e. The summed E-state index contributed by atoms with van der Waals surface area (Å²) < 4.78 is 3.81. The molecule has 0 aliphatic heterocycles. The van der Waals surface area contributed by atoms with E-state index in [4.69, 9.17) is 10.4 Å². The zero-order valence-corrected chi connectivity index (χ0v) is 8.86. The van der Waals surface area contributed by atoms with E-state index >= 15 is 0 Å². The Kier molecular flexibility index (Phi) is 2.66. The van der Waals surface area contributed by atoms with Gasteiger partial charge in [0.15, 0.2) is 5.69 Å². The van der Waals surface area contributed by atoms with E-state index in [9.17, 15) is 4.79 Å². The van der Waals surface area contributed by atoms with Gasteiger partial charge in [-0.2, -0.15) is 9.64 Å². The molecule has 1 N–H and O–H groups in total. The Balaban J connectivity index is 2.47. The molecule has 2 rings (SSSR count). The first-order valence-corrected chi connectivity index (χ1v) is 5.24. The lowest BCUT2D eigenvalue weighted by atomic mass is 10.1. The van der Waals surface area contributed by atoms with Crippen molar-refractivity contribution in [3.63, 3.8) is 0 Å². The van der Waals surface area contributed by atoms with Crippen LogP contribution >= 0.6 is 11.5 Å². The molecule has 1 aromatic carbocycles. The highest BCUT2D eigenvalue weighted by molar-refractivity contribution is 7.04. The molecule has 0 aliphatic carbocycles. The highest BCUT2D eigenvalue weighted by atomic mass is 32.1. The fourth-order valence-corrected chi connectivity index (χ4v) is 2.01. The Morgan fingerprint density at radius 3 is 2.62 bits per heavy atom. The van der Waals surface area contributed by atoms with Gasteiger partial charge in [-0.1, -0.05) is 12.1 Å². The van der Waals surface area contributed by atoms with Gasteiger partial charge < -0.3 is 5.11 Å². The molecule has 0 atom stereocenters. The van der Waals surface area contributed by atoms with Crippen LogP contribution in [-0.4, -0.2) is 15.4 Å². The first kappa shape index (κ1) is 10.3. The molecular weight excluding hydrogens is 224 g/mol. The van der Waals surface area contributed by atoms with Crippen molar-refractivity contribution in [2.45, 2.75) is 0 Å². The number of aromatic carboxylic acids is 1. The van der Waals surface area contributed by atoms with Crippen molar-refractivity contribution in [2.24, 2.45) is 0 Å². The lowest BCUT2D eigenvalue weighted by Crippen LogP contribution is -1.98. The van der Waals surface area contributed by atoms with E-state index in [0.29, 0.717) is 11.1 Å². The van der Waals surface area contributed by atoms with E-state index in [1.165, 1.54) is 0 Å². The Morgan fingerprint density at radius 2 is 2.06 bits per heavy atom. The molecule has 0 unspecified atom stereocenters. The van der Waals surface area contributed by atoms with Crippen molar-refractivity contribution >= 4 is 17.5 Å². The monoisotopic (exact) mass is 230 g/mol. The standard InChI is InChI=1S/C11H6N2O2S/c12-5-7-1-3-8(4-2-7)9-6-16-13-10(9)11(14)15/h1-4,6H,(H,14,15). The fraction of sp³-hybridized carbons (Fsp3) is 0. The van der Waals surface area contributed by atoms with E-state index in [1.54, 1.807) is 29.6 Å². The number of benzene rings is 1. The number of rotatable bonds is 2. The third-order valence-corrected chi connectivity index (χ3v) is 2.73. The van der Waals surface area contributed by atoms with Crippen LogP contribution in [0.2, 0.25) is 0 Å². The van der Waals surface area contributed by atoms with Gasteiger partial charge in [0.2, 0.25) is 0 Å². The van der Waals surface area contributed by atoms with Gasteiger partial charge in [0.1, 0.15) is 0 Å². The van der Waals surface area contributed by atoms with Gasteiger partial charge in [0, 0.05) is 10.9 Å². The van der Waals surface area contributed by atoms with Crippen LogP contribution in [0.5, 0.6) is 0 Å². The summed E-state index contributed by atoms with van der Waals surface area (Å²) >= 11 is 1.10. The molecule has 0 amide bonds. The summed E-state index contributed by atoms with van der Waals surface area (Å²) in [6.07, 6.45) is 0. The van der Waals surface area contributed by atoms with Crippen molar-refractivity contribution < 1.29 is 9.90 Å². The molecule has 0 fully saturated rings. The largest absolute Gasteiger partial charge is 0.476 e. The molecule has 0 saturated heterocycles. The van der Waals surface area contributed by atoms with E-state index in [-0.39, 0.29) is 5.69 Å². The van der Waals surface area contributed by atoms with Crippen LogP contribution in [0.1, 0.15) is 16.1 Å². The third kappa shape index (κ3) is 1.78. The van der Waals surface area contributed by atoms with Crippen LogP contribution in [-0.2, 0) is 0 Å². The minimum Gasteiger partial charge on any atom is -0.476 e. The summed E-state index contributed by atoms with van der Waals surface area (Å²) in [7, 11) is 0. The van der Waals surface area contributed by atoms with Crippen molar-refractivity contribution in [3.8, 4) is 17.2 Å². The van der Waals surface area contributed by atoms with Crippen molar-refractivity contribution in [1.29, 1.82) is 5.26 Å². The minimum absolute atomic E-state index is 0.0507. The number of carbonyl (C=O) groups is 1. The van der Waals surface area contributed by atoms with Crippen LogP contribution < -0.4 is 0 Å². The lowest BCUT2D eigenvalue weighted by molar-refractivity contribution is 0.0693. The van der Waals surface area contributed by atoms with Gasteiger partial charge in [-0.25, -0.2) is 4.79 Å². The molecular formula is C11H6N2O2S. The SMILES string of the molecule is N#Cc1ccc(-c2csnc2C(=O)O)cc1. The number of hydrogen-bond donors (Lipinski definition) is 1. The molecule has 0 radical (unpaired) electrons. The molecule has 16 heavy (non-hydrogen) atoms. The number of hydrogen-bond acceptors (Lipinski definition) is 4. The summed E-state index contributed by atoms with van der Waals surface area (Å²) in [5.41, 5.74) is 1.94. The highest BCUT2D eigenvalue weighted by Gasteiger charge is 2.14. The van der Waals surface area contributed by atoms with Crippen LogP contribution in [0.4, 0.5) is 0 Å². The molecule has 1 aromatic heterocycles. The minimum atomic E-state index is -1.04. The molecule has 78 valence electrons. The van der Waals surface area contributed by atoms with Gasteiger partial charge in [-0.05, 0) is 29.2 Å². The second-order valence-electron chi connectivity index (χ2n) is 3.07. The quantitative estimate of drug-likeness (QED) is 0.859. The Labute approximate surface area is 95.6 Å². The average Bonchev–Trinajstić information content (AvgIpc) is 2.78. The van der Waals surface area contributed by atoms with Crippen molar-refractivity contribution in [3.05, 3.63) is 40.9 Å². The lowest BCUT2D eigenvalue weighted by Gasteiger charge is -1.98. The number of carboxylic acids is 1. The average molecular weight is 230 g/mol. The zero-order chi connectivity index (χ0) is 11.5. The Hall–Kier alpha value is -2.19. The maximum atomic E-state index is 10.9. The number of nitrogens with zero attached hydrogens (tertiary/aromatic N) is 2. The van der Waals surface area contributed by atoms with E-state index in [1.807, 2.05) is 6.07 Å². The summed E-state index contributed by atoms with van der Waals surface area (Å²) in [4.78, 5) is 10.9.